The molecule has 0 spiro atoms. The highest BCUT2D eigenvalue weighted by Gasteiger charge is 2.54. The number of aliphatic carboxylic acids is 1. The van der Waals surface area contributed by atoms with Gasteiger partial charge >= 0.3 is 5.97 Å². The van der Waals surface area contributed by atoms with E-state index in [1.54, 1.807) is 23.5 Å². The van der Waals surface area contributed by atoms with Crippen LogP contribution in [0.1, 0.15) is 5.56 Å². The smallest absolute Gasteiger partial charge is 0.352 e. The van der Waals surface area contributed by atoms with Gasteiger partial charge in [-0.25, -0.2) is 4.79 Å². The molecule has 2 aliphatic heterocycles. The molecule has 7 heteroatoms. The largest absolute Gasteiger partial charge is 0.477 e. The summed E-state index contributed by atoms with van der Waals surface area (Å²) in [5.41, 5.74) is 1.89. The van der Waals surface area contributed by atoms with Gasteiger partial charge in [-0.05, 0) is 23.3 Å². The molecule has 0 radical (unpaired) electrons. The van der Waals surface area contributed by atoms with Crippen LogP contribution in [0.25, 0.3) is 0 Å². The van der Waals surface area contributed by atoms with E-state index in [-0.39, 0.29) is 17.0 Å². The second kappa shape index (κ2) is 8.43. The number of nitrogens with zero attached hydrogens (tertiary/aromatic N) is 1. The van der Waals surface area contributed by atoms with Crippen molar-refractivity contribution in [3.8, 4) is 0 Å². The normalized spacial score (nSPS) is 21.3. The fourth-order valence-electron chi connectivity index (χ4n) is 3.23. The summed E-state index contributed by atoms with van der Waals surface area (Å²) >= 11 is 3.15. The van der Waals surface area contributed by atoms with Crippen LogP contribution in [-0.4, -0.2) is 44.9 Å². The number of hydrogen-bond donors (Lipinski definition) is 1. The predicted molar refractivity (Wildman–Crippen MR) is 110 cm³/mol. The molecule has 2 heterocycles. The zero-order chi connectivity index (χ0) is 19.5. The van der Waals surface area contributed by atoms with E-state index < -0.39 is 12.1 Å². The van der Waals surface area contributed by atoms with Gasteiger partial charge in [0.15, 0.2) is 6.10 Å². The summed E-state index contributed by atoms with van der Waals surface area (Å²) in [5, 5.41) is 9.46. The maximum Gasteiger partial charge on any atom is 0.352 e. The molecule has 0 aromatic heterocycles. The quantitative estimate of drug-likeness (QED) is 0.552. The van der Waals surface area contributed by atoms with Crippen LogP contribution in [0, 0.1) is 0 Å². The van der Waals surface area contributed by atoms with Gasteiger partial charge in [0.2, 0.25) is 0 Å². The third-order valence-corrected chi connectivity index (χ3v) is 7.04. The number of rotatable bonds is 7. The van der Waals surface area contributed by atoms with Crippen molar-refractivity contribution < 1.29 is 19.4 Å². The van der Waals surface area contributed by atoms with Gasteiger partial charge in [0, 0.05) is 16.4 Å². The third kappa shape index (κ3) is 3.83. The minimum atomic E-state index is -1.05. The second-order valence-corrected chi connectivity index (χ2v) is 8.64. The number of carbonyl (C=O) groups is 2. The number of benzene rings is 2. The summed E-state index contributed by atoms with van der Waals surface area (Å²) in [6.45, 7) is 0.338. The molecule has 1 saturated heterocycles. The molecular weight excluding hydrogens is 394 g/mol. The van der Waals surface area contributed by atoms with Crippen molar-refractivity contribution >= 4 is 35.4 Å². The molecule has 1 amide bonds. The Kier molecular flexibility index (Phi) is 5.75. The van der Waals surface area contributed by atoms with Gasteiger partial charge in [-0.3, -0.25) is 9.69 Å². The number of carboxylic acid groups (broad SMARTS) is 1. The molecular formula is C21H19NO4S2. The summed E-state index contributed by atoms with van der Waals surface area (Å²) in [6, 6.07) is 19.5. The predicted octanol–water partition coefficient (Wildman–Crippen LogP) is 3.62. The number of fused-ring (bicyclic) bond motifs is 1. The number of ether oxygens (including phenoxy) is 1. The average molecular weight is 414 g/mol. The number of amides is 1. The minimum Gasteiger partial charge on any atom is -0.477 e. The van der Waals surface area contributed by atoms with Crippen molar-refractivity contribution in [2.75, 3.05) is 11.5 Å². The molecule has 2 atom stereocenters. The molecule has 0 aliphatic carbocycles. The number of thioether (sulfide) groups is 2. The van der Waals surface area contributed by atoms with Crippen molar-refractivity contribution in [1.82, 2.24) is 4.90 Å². The summed E-state index contributed by atoms with van der Waals surface area (Å²) in [5.74, 6) is -0.192. The van der Waals surface area contributed by atoms with E-state index in [1.807, 2.05) is 60.7 Å². The first-order valence-corrected chi connectivity index (χ1v) is 10.9. The van der Waals surface area contributed by atoms with Gasteiger partial charge in [0.25, 0.3) is 5.91 Å². The Morgan fingerprint density at radius 2 is 1.82 bits per heavy atom. The first-order chi connectivity index (χ1) is 13.6. The molecule has 4 rings (SSSR count). The first-order valence-electron chi connectivity index (χ1n) is 8.88. The zero-order valence-corrected chi connectivity index (χ0v) is 16.6. The topological polar surface area (TPSA) is 66.8 Å². The number of carboxylic acids is 1. The third-order valence-electron chi connectivity index (χ3n) is 4.63. The fraction of sp³-hybridized carbons (Fsp3) is 0.238. The van der Waals surface area contributed by atoms with Crippen LogP contribution in [0.2, 0.25) is 0 Å². The van der Waals surface area contributed by atoms with Crippen molar-refractivity contribution in [1.29, 1.82) is 0 Å². The SMILES string of the molecule is O=C(O)C1=C(CSc2ccccc2)CSC2[C@@H](OCc3ccccc3)C(=O)N12. The summed E-state index contributed by atoms with van der Waals surface area (Å²) in [6.07, 6.45) is -0.595. The monoisotopic (exact) mass is 413 g/mol. The molecule has 5 nitrogen and oxygen atoms in total. The van der Waals surface area contributed by atoms with Crippen molar-refractivity contribution in [2.45, 2.75) is 23.0 Å². The van der Waals surface area contributed by atoms with Crippen molar-refractivity contribution in [2.24, 2.45) is 0 Å². The van der Waals surface area contributed by atoms with Crippen LogP contribution < -0.4 is 0 Å². The zero-order valence-electron chi connectivity index (χ0n) is 15.0. The van der Waals surface area contributed by atoms with E-state index in [9.17, 15) is 14.7 Å². The highest BCUT2D eigenvalue weighted by atomic mass is 32.2. The maximum atomic E-state index is 12.6. The molecule has 1 unspecified atom stereocenters. The molecule has 1 N–H and O–H groups in total. The second-order valence-electron chi connectivity index (χ2n) is 6.49. The Bertz CT molecular complexity index is 901. The van der Waals surface area contributed by atoms with Crippen LogP contribution >= 0.6 is 23.5 Å². The molecule has 2 aliphatic rings. The summed E-state index contributed by atoms with van der Waals surface area (Å²) < 4.78 is 5.81. The molecule has 1 fully saturated rings. The Balaban J connectivity index is 1.45. The Hall–Kier alpha value is -2.22. The van der Waals surface area contributed by atoms with E-state index in [2.05, 4.69) is 0 Å². The molecule has 2 aromatic carbocycles. The van der Waals surface area contributed by atoms with E-state index in [4.69, 9.17) is 4.74 Å². The first kappa shape index (κ1) is 19.1. The van der Waals surface area contributed by atoms with E-state index in [1.165, 1.54) is 4.90 Å². The molecule has 144 valence electrons. The van der Waals surface area contributed by atoms with E-state index >= 15 is 0 Å². The number of hydrogen-bond acceptors (Lipinski definition) is 5. The van der Waals surface area contributed by atoms with Crippen molar-refractivity contribution in [3.05, 3.63) is 77.5 Å². The van der Waals surface area contributed by atoms with E-state index in [0.29, 0.717) is 18.1 Å². The van der Waals surface area contributed by atoms with Crippen LogP contribution in [0.3, 0.4) is 0 Å². The summed E-state index contributed by atoms with van der Waals surface area (Å²) in [4.78, 5) is 27.0. The fourth-order valence-corrected chi connectivity index (χ4v) is 5.62. The van der Waals surface area contributed by atoms with Gasteiger partial charge in [-0.1, -0.05) is 48.5 Å². The highest BCUT2D eigenvalue weighted by Crippen LogP contribution is 2.43. The number of β-lactam (4-membered cyclic amide) rings is 1. The van der Waals surface area contributed by atoms with Crippen molar-refractivity contribution in [3.63, 3.8) is 0 Å². The number of carbonyl (C=O) groups excluding carboxylic acids is 1. The maximum absolute atomic E-state index is 12.6. The lowest BCUT2D eigenvalue weighted by Crippen LogP contribution is -2.65. The van der Waals surface area contributed by atoms with E-state index in [0.717, 1.165) is 16.0 Å². The van der Waals surface area contributed by atoms with Crippen LogP contribution in [0.5, 0.6) is 0 Å². The standard InChI is InChI=1S/C21H19NO4S2/c23-19-18(26-11-14-7-3-1-4-8-14)20-22(19)17(21(24)25)15(13-28-20)12-27-16-9-5-2-6-10-16/h1-10,18,20H,11-13H2,(H,24,25)/t18-,20?/m0/s1. The lowest BCUT2D eigenvalue weighted by atomic mass is 10.1. The molecule has 2 aromatic rings. The minimum absolute atomic E-state index is 0.122. The van der Waals surface area contributed by atoms with Crippen LogP contribution in [-0.2, 0) is 20.9 Å². The summed E-state index contributed by atoms with van der Waals surface area (Å²) in [7, 11) is 0. The molecule has 28 heavy (non-hydrogen) atoms. The van der Waals surface area contributed by atoms with Gasteiger partial charge < -0.3 is 9.84 Å². The Morgan fingerprint density at radius 3 is 2.50 bits per heavy atom. The van der Waals surface area contributed by atoms with Gasteiger partial charge in [0.1, 0.15) is 11.1 Å². The van der Waals surface area contributed by atoms with Crippen LogP contribution in [0.4, 0.5) is 0 Å². The lowest BCUT2D eigenvalue weighted by Gasteiger charge is -2.49. The Labute approximate surface area is 171 Å². The molecule has 0 bridgehead atoms. The molecule has 0 saturated carbocycles. The Morgan fingerprint density at radius 1 is 1.14 bits per heavy atom. The average Bonchev–Trinajstić information content (AvgIpc) is 2.73. The highest BCUT2D eigenvalue weighted by molar-refractivity contribution is 8.01. The van der Waals surface area contributed by atoms with Gasteiger partial charge in [-0.15, -0.1) is 23.5 Å². The lowest BCUT2D eigenvalue weighted by molar-refractivity contribution is -0.166. The van der Waals surface area contributed by atoms with Crippen LogP contribution in [0.15, 0.2) is 76.8 Å². The van der Waals surface area contributed by atoms with Gasteiger partial charge in [0.05, 0.1) is 6.61 Å². The van der Waals surface area contributed by atoms with Gasteiger partial charge in [-0.2, -0.15) is 0 Å².